The fraction of sp³-hybridized carbons (Fsp3) is 0.500. The summed E-state index contributed by atoms with van der Waals surface area (Å²) in [7, 11) is 1.93. The highest BCUT2D eigenvalue weighted by Crippen LogP contribution is 2.48. The van der Waals surface area contributed by atoms with Gasteiger partial charge >= 0.3 is 0 Å². The number of amides is 1. The Morgan fingerprint density at radius 1 is 1.24 bits per heavy atom. The molecule has 132 valence electrons. The SMILES string of the molecule is Cc1cccc(CN2CCN(C(=O)C3CC3c3cnn(C)c3)CC2)c1. The van der Waals surface area contributed by atoms with Crippen LogP contribution >= 0.6 is 0 Å². The first-order chi connectivity index (χ1) is 12.1. The Hall–Kier alpha value is -2.14. The van der Waals surface area contributed by atoms with Crippen LogP contribution in [0.5, 0.6) is 0 Å². The zero-order valence-corrected chi connectivity index (χ0v) is 15.1. The number of hydrogen-bond donors (Lipinski definition) is 0. The van der Waals surface area contributed by atoms with Gasteiger partial charge in [-0.3, -0.25) is 14.4 Å². The molecule has 2 unspecified atom stereocenters. The molecule has 0 spiro atoms. The Morgan fingerprint density at radius 3 is 2.72 bits per heavy atom. The van der Waals surface area contributed by atoms with E-state index in [1.165, 1.54) is 16.7 Å². The maximum Gasteiger partial charge on any atom is 0.226 e. The molecule has 1 saturated heterocycles. The summed E-state index contributed by atoms with van der Waals surface area (Å²) in [6, 6.07) is 8.69. The van der Waals surface area contributed by atoms with Crippen molar-refractivity contribution in [3.05, 3.63) is 53.3 Å². The van der Waals surface area contributed by atoms with Gasteiger partial charge in [0.1, 0.15) is 0 Å². The summed E-state index contributed by atoms with van der Waals surface area (Å²) in [4.78, 5) is 17.3. The lowest BCUT2D eigenvalue weighted by Gasteiger charge is -2.35. The van der Waals surface area contributed by atoms with Crippen molar-refractivity contribution in [2.24, 2.45) is 13.0 Å². The fourth-order valence-electron chi connectivity index (χ4n) is 3.90. The number of carbonyl (C=O) groups is 1. The Morgan fingerprint density at radius 2 is 2.04 bits per heavy atom. The highest BCUT2D eigenvalue weighted by molar-refractivity contribution is 5.83. The lowest BCUT2D eigenvalue weighted by Crippen LogP contribution is -2.48. The second-order valence-electron chi connectivity index (χ2n) is 7.49. The van der Waals surface area contributed by atoms with E-state index in [0.29, 0.717) is 11.8 Å². The molecule has 2 atom stereocenters. The van der Waals surface area contributed by atoms with Crippen molar-refractivity contribution >= 4 is 5.91 Å². The van der Waals surface area contributed by atoms with E-state index >= 15 is 0 Å². The first-order valence-corrected chi connectivity index (χ1v) is 9.15. The van der Waals surface area contributed by atoms with Crippen LogP contribution in [-0.4, -0.2) is 51.7 Å². The average molecular weight is 338 g/mol. The maximum atomic E-state index is 12.7. The number of aromatic nitrogens is 2. The number of nitrogens with zero attached hydrogens (tertiary/aromatic N) is 4. The van der Waals surface area contributed by atoms with Crippen molar-refractivity contribution in [1.29, 1.82) is 0 Å². The predicted molar refractivity (Wildman–Crippen MR) is 97.1 cm³/mol. The summed E-state index contributed by atoms with van der Waals surface area (Å²) >= 11 is 0. The van der Waals surface area contributed by atoms with E-state index in [1.807, 2.05) is 24.1 Å². The van der Waals surface area contributed by atoms with Crippen molar-refractivity contribution in [2.75, 3.05) is 26.2 Å². The van der Waals surface area contributed by atoms with E-state index in [1.54, 1.807) is 0 Å². The third-order valence-electron chi connectivity index (χ3n) is 5.43. The van der Waals surface area contributed by atoms with E-state index in [9.17, 15) is 4.79 Å². The van der Waals surface area contributed by atoms with E-state index in [-0.39, 0.29) is 5.92 Å². The highest BCUT2D eigenvalue weighted by atomic mass is 16.2. The molecule has 2 fully saturated rings. The van der Waals surface area contributed by atoms with Crippen molar-refractivity contribution in [3.8, 4) is 0 Å². The predicted octanol–water partition coefficient (Wildman–Crippen LogP) is 2.18. The Bertz CT molecular complexity index is 761. The molecule has 25 heavy (non-hydrogen) atoms. The van der Waals surface area contributed by atoms with Crippen LogP contribution in [0.25, 0.3) is 0 Å². The third-order valence-corrected chi connectivity index (χ3v) is 5.43. The summed E-state index contributed by atoms with van der Waals surface area (Å²) in [6.07, 6.45) is 4.92. The molecular formula is C20H26N4O. The van der Waals surface area contributed by atoms with Crippen LogP contribution in [0.1, 0.15) is 29.0 Å². The molecule has 1 aromatic heterocycles. The molecule has 0 N–H and O–H groups in total. The molecule has 2 aromatic rings. The van der Waals surface area contributed by atoms with Crippen molar-refractivity contribution in [1.82, 2.24) is 19.6 Å². The molecule has 4 rings (SSSR count). The van der Waals surface area contributed by atoms with Gasteiger partial charge in [0.05, 0.1) is 6.20 Å². The topological polar surface area (TPSA) is 41.4 Å². The average Bonchev–Trinajstić information content (AvgIpc) is 3.29. The minimum absolute atomic E-state index is 0.174. The number of aryl methyl sites for hydroxylation is 2. The number of carbonyl (C=O) groups excluding carboxylic acids is 1. The summed E-state index contributed by atoms with van der Waals surface area (Å²) in [5.41, 5.74) is 3.87. The van der Waals surface area contributed by atoms with Crippen LogP contribution < -0.4 is 0 Å². The molecule has 2 heterocycles. The zero-order chi connectivity index (χ0) is 17.4. The first kappa shape index (κ1) is 16.3. The van der Waals surface area contributed by atoms with Crippen molar-refractivity contribution in [3.63, 3.8) is 0 Å². The summed E-state index contributed by atoms with van der Waals surface area (Å²) in [5.74, 6) is 0.892. The van der Waals surface area contributed by atoms with Crippen LogP contribution in [0, 0.1) is 12.8 Å². The van der Waals surface area contributed by atoms with E-state index in [4.69, 9.17) is 0 Å². The van der Waals surface area contributed by atoms with Crippen LogP contribution in [0.4, 0.5) is 0 Å². The first-order valence-electron chi connectivity index (χ1n) is 9.15. The summed E-state index contributed by atoms with van der Waals surface area (Å²) in [5, 5.41) is 4.23. The molecule has 1 aliphatic carbocycles. The molecular weight excluding hydrogens is 312 g/mol. The number of piperazine rings is 1. The van der Waals surface area contributed by atoms with Gasteiger partial charge in [-0.25, -0.2) is 0 Å². The van der Waals surface area contributed by atoms with Crippen LogP contribution in [0.15, 0.2) is 36.7 Å². The number of benzene rings is 1. The summed E-state index contributed by atoms with van der Waals surface area (Å²) < 4.78 is 1.82. The van der Waals surface area contributed by atoms with E-state index in [2.05, 4.69) is 46.1 Å². The minimum atomic E-state index is 0.174. The van der Waals surface area contributed by atoms with E-state index < -0.39 is 0 Å². The molecule has 1 saturated carbocycles. The standard InChI is InChI=1S/C20H26N4O/c1-15-4-3-5-16(10-15)13-23-6-8-24(9-7-23)20(25)19-11-18(19)17-12-21-22(2)14-17/h3-5,10,12,14,18-19H,6-9,11,13H2,1-2H3. The van der Waals surface area contributed by atoms with E-state index in [0.717, 1.165) is 39.1 Å². The normalized spacial score (nSPS) is 23.7. The van der Waals surface area contributed by atoms with Gasteiger partial charge in [0.25, 0.3) is 0 Å². The van der Waals surface area contributed by atoms with Gasteiger partial charge in [0.2, 0.25) is 5.91 Å². The summed E-state index contributed by atoms with van der Waals surface area (Å²) in [6.45, 7) is 6.73. The largest absolute Gasteiger partial charge is 0.340 e. The minimum Gasteiger partial charge on any atom is -0.340 e. The van der Waals surface area contributed by atoms with Crippen LogP contribution in [-0.2, 0) is 18.4 Å². The van der Waals surface area contributed by atoms with Gasteiger partial charge in [-0.2, -0.15) is 5.10 Å². The second-order valence-corrected chi connectivity index (χ2v) is 7.49. The third kappa shape index (κ3) is 3.61. The molecule has 5 nitrogen and oxygen atoms in total. The molecule has 1 aromatic carbocycles. The van der Waals surface area contributed by atoms with Gasteiger partial charge in [-0.05, 0) is 30.4 Å². The van der Waals surface area contributed by atoms with Crippen LogP contribution in [0.3, 0.4) is 0 Å². The van der Waals surface area contributed by atoms with Crippen molar-refractivity contribution in [2.45, 2.75) is 25.8 Å². The molecule has 0 radical (unpaired) electrons. The Kier molecular flexibility index (Phi) is 4.34. The lowest BCUT2D eigenvalue weighted by atomic mass is 10.1. The van der Waals surface area contributed by atoms with Gasteiger partial charge in [-0.1, -0.05) is 29.8 Å². The highest BCUT2D eigenvalue weighted by Gasteiger charge is 2.46. The smallest absolute Gasteiger partial charge is 0.226 e. The second kappa shape index (κ2) is 6.64. The Labute approximate surface area is 149 Å². The fourth-order valence-corrected chi connectivity index (χ4v) is 3.90. The zero-order valence-electron chi connectivity index (χ0n) is 15.1. The molecule has 1 amide bonds. The maximum absolute atomic E-state index is 12.7. The monoisotopic (exact) mass is 338 g/mol. The molecule has 1 aliphatic heterocycles. The van der Waals surface area contributed by atoms with Crippen LogP contribution in [0.2, 0.25) is 0 Å². The molecule has 5 heteroatoms. The van der Waals surface area contributed by atoms with Gasteiger partial charge < -0.3 is 4.90 Å². The number of hydrogen-bond acceptors (Lipinski definition) is 3. The lowest BCUT2D eigenvalue weighted by molar-refractivity contribution is -0.134. The van der Waals surface area contributed by atoms with Gasteiger partial charge in [0, 0.05) is 51.9 Å². The van der Waals surface area contributed by atoms with Gasteiger partial charge in [0.15, 0.2) is 0 Å². The number of rotatable bonds is 4. The Balaban J connectivity index is 1.28. The molecule has 2 aliphatic rings. The molecule has 0 bridgehead atoms. The van der Waals surface area contributed by atoms with Crippen molar-refractivity contribution < 1.29 is 4.79 Å². The van der Waals surface area contributed by atoms with Gasteiger partial charge in [-0.15, -0.1) is 0 Å². The quantitative estimate of drug-likeness (QED) is 0.858.